The second-order valence-corrected chi connectivity index (χ2v) is 7.53. The topological polar surface area (TPSA) is 64.1 Å². The molecule has 0 bridgehead atoms. The Bertz CT molecular complexity index is 1010. The van der Waals surface area contributed by atoms with Gasteiger partial charge in [-0.25, -0.2) is 0 Å². The van der Waals surface area contributed by atoms with E-state index in [0.717, 1.165) is 59.1 Å². The molecule has 6 nitrogen and oxygen atoms in total. The number of methoxy groups -OCH3 is 1. The van der Waals surface area contributed by atoms with Crippen LogP contribution in [0.25, 0.3) is 0 Å². The highest BCUT2D eigenvalue weighted by Crippen LogP contribution is 2.31. The van der Waals surface area contributed by atoms with Crippen molar-refractivity contribution in [2.45, 2.75) is 26.1 Å². The number of aliphatic hydroxyl groups excluding tert-OH is 1. The van der Waals surface area contributed by atoms with Crippen LogP contribution in [0, 0.1) is 0 Å². The zero-order valence-electron chi connectivity index (χ0n) is 18.0. The van der Waals surface area contributed by atoms with Gasteiger partial charge in [-0.2, -0.15) is 0 Å². The van der Waals surface area contributed by atoms with Gasteiger partial charge in [0.1, 0.15) is 18.5 Å². The lowest BCUT2D eigenvalue weighted by Gasteiger charge is -2.21. The van der Waals surface area contributed by atoms with Crippen LogP contribution in [-0.2, 0) is 13.1 Å². The molecular formula is C25H28N2O4. The number of nitrogens with zero attached hydrogens (tertiary/aromatic N) is 2. The molecule has 0 aliphatic carbocycles. The molecule has 1 aromatic heterocycles. The quantitative estimate of drug-likeness (QED) is 0.624. The molecule has 0 radical (unpaired) electrons. The van der Waals surface area contributed by atoms with E-state index in [0.29, 0.717) is 13.2 Å². The van der Waals surface area contributed by atoms with Crippen molar-refractivity contribution in [1.29, 1.82) is 0 Å². The molecule has 2 heterocycles. The average molecular weight is 421 g/mol. The molecule has 1 aliphatic heterocycles. The van der Waals surface area contributed by atoms with Gasteiger partial charge in [-0.1, -0.05) is 18.2 Å². The first kappa shape index (κ1) is 21.2. The van der Waals surface area contributed by atoms with Crippen molar-refractivity contribution in [1.82, 2.24) is 9.88 Å². The van der Waals surface area contributed by atoms with Crippen LogP contribution >= 0.6 is 0 Å². The predicted octanol–water partition coefficient (Wildman–Crippen LogP) is 3.97. The number of benzene rings is 2. The molecule has 6 heteroatoms. The van der Waals surface area contributed by atoms with Crippen molar-refractivity contribution in [2.24, 2.45) is 0 Å². The zero-order chi connectivity index (χ0) is 21.6. The van der Waals surface area contributed by atoms with Gasteiger partial charge in [0, 0.05) is 43.2 Å². The Morgan fingerprint density at radius 3 is 2.81 bits per heavy atom. The lowest BCUT2D eigenvalue weighted by molar-refractivity contribution is 0.218. The average Bonchev–Trinajstić information content (AvgIpc) is 3.00. The maximum absolute atomic E-state index is 10.8. The fourth-order valence-electron chi connectivity index (χ4n) is 3.85. The van der Waals surface area contributed by atoms with Gasteiger partial charge in [0.25, 0.3) is 0 Å². The first-order valence-corrected chi connectivity index (χ1v) is 10.5. The molecule has 0 spiro atoms. The summed E-state index contributed by atoms with van der Waals surface area (Å²) in [6.07, 6.45) is 2.68. The van der Waals surface area contributed by atoms with E-state index in [4.69, 9.17) is 14.2 Å². The van der Waals surface area contributed by atoms with Crippen LogP contribution in [0.5, 0.6) is 17.2 Å². The van der Waals surface area contributed by atoms with E-state index < -0.39 is 6.10 Å². The number of fused-ring (bicyclic) bond motifs is 1. The van der Waals surface area contributed by atoms with Crippen molar-refractivity contribution >= 4 is 0 Å². The van der Waals surface area contributed by atoms with Crippen LogP contribution in [0.4, 0.5) is 0 Å². The summed E-state index contributed by atoms with van der Waals surface area (Å²) in [6, 6.07) is 15.7. The molecule has 1 aliphatic rings. The minimum Gasteiger partial charge on any atom is -0.493 e. The SMILES string of the molecule is CCOc1cc(CN2CCOc3ccc(C(O)c4cccnc4)cc3C2)ccc1OC. The first-order chi connectivity index (χ1) is 15.2. The van der Waals surface area contributed by atoms with Gasteiger partial charge in [-0.15, -0.1) is 0 Å². The molecule has 0 saturated heterocycles. The predicted molar refractivity (Wildman–Crippen MR) is 119 cm³/mol. The van der Waals surface area contributed by atoms with Crippen LogP contribution in [0.3, 0.4) is 0 Å². The first-order valence-electron chi connectivity index (χ1n) is 10.5. The van der Waals surface area contributed by atoms with Crippen LogP contribution in [-0.4, -0.2) is 41.9 Å². The summed E-state index contributed by atoms with van der Waals surface area (Å²) in [5.41, 5.74) is 3.83. The standard InChI is InChI=1S/C25H28N2O4/c1-3-30-24-13-18(6-8-23(24)29-2)16-27-11-12-31-22-9-7-19(14-21(22)17-27)25(28)20-5-4-10-26-15-20/h4-10,13-15,25,28H,3,11-12,16-17H2,1-2H3. The van der Waals surface area contributed by atoms with Crippen molar-refractivity contribution < 1.29 is 19.3 Å². The molecule has 0 fully saturated rings. The third-order valence-corrected chi connectivity index (χ3v) is 5.39. The van der Waals surface area contributed by atoms with Crippen LogP contribution < -0.4 is 14.2 Å². The summed E-state index contributed by atoms with van der Waals surface area (Å²) in [5, 5.41) is 10.8. The Hall–Kier alpha value is -3.09. The van der Waals surface area contributed by atoms with E-state index in [1.54, 1.807) is 19.5 Å². The number of rotatable bonds is 7. The summed E-state index contributed by atoms with van der Waals surface area (Å²) >= 11 is 0. The molecule has 2 aromatic carbocycles. The highest BCUT2D eigenvalue weighted by atomic mass is 16.5. The second-order valence-electron chi connectivity index (χ2n) is 7.53. The summed E-state index contributed by atoms with van der Waals surface area (Å²) in [6.45, 7) is 5.48. The minimum absolute atomic E-state index is 0.590. The molecule has 1 atom stereocenters. The van der Waals surface area contributed by atoms with Crippen LogP contribution in [0.1, 0.15) is 35.3 Å². The third kappa shape index (κ3) is 4.98. The maximum Gasteiger partial charge on any atom is 0.161 e. The van der Waals surface area contributed by atoms with Gasteiger partial charge >= 0.3 is 0 Å². The van der Waals surface area contributed by atoms with Gasteiger partial charge in [0.15, 0.2) is 11.5 Å². The van der Waals surface area contributed by atoms with E-state index in [9.17, 15) is 5.11 Å². The van der Waals surface area contributed by atoms with Gasteiger partial charge in [0.2, 0.25) is 0 Å². The van der Waals surface area contributed by atoms with Gasteiger partial charge in [-0.3, -0.25) is 9.88 Å². The van der Waals surface area contributed by atoms with Crippen molar-refractivity contribution in [3.63, 3.8) is 0 Å². The Balaban J connectivity index is 1.53. The highest BCUT2D eigenvalue weighted by Gasteiger charge is 2.19. The van der Waals surface area contributed by atoms with Crippen molar-refractivity contribution in [3.05, 3.63) is 83.2 Å². The molecule has 1 unspecified atom stereocenters. The van der Waals surface area contributed by atoms with E-state index in [-0.39, 0.29) is 0 Å². The highest BCUT2D eigenvalue weighted by molar-refractivity contribution is 5.43. The summed E-state index contributed by atoms with van der Waals surface area (Å²) in [4.78, 5) is 6.45. The molecule has 0 saturated carbocycles. The number of hydrogen-bond acceptors (Lipinski definition) is 6. The number of ether oxygens (including phenoxy) is 3. The zero-order valence-corrected chi connectivity index (χ0v) is 18.0. The molecule has 1 N–H and O–H groups in total. The van der Waals surface area contributed by atoms with Crippen LogP contribution in [0.15, 0.2) is 60.9 Å². The largest absolute Gasteiger partial charge is 0.493 e. The normalized spacial score (nSPS) is 14.8. The van der Waals surface area contributed by atoms with E-state index in [2.05, 4.69) is 16.0 Å². The van der Waals surface area contributed by atoms with Crippen molar-refractivity contribution in [2.75, 3.05) is 26.9 Å². The smallest absolute Gasteiger partial charge is 0.161 e. The number of aliphatic hydroxyl groups is 1. The number of aromatic nitrogens is 1. The molecular weight excluding hydrogens is 392 g/mol. The Morgan fingerprint density at radius 1 is 1.13 bits per heavy atom. The van der Waals surface area contributed by atoms with Crippen LogP contribution in [0.2, 0.25) is 0 Å². The second kappa shape index (κ2) is 9.81. The molecule has 4 rings (SSSR count). The third-order valence-electron chi connectivity index (χ3n) is 5.39. The molecule has 31 heavy (non-hydrogen) atoms. The lowest BCUT2D eigenvalue weighted by atomic mass is 10.00. The monoisotopic (exact) mass is 420 g/mol. The van der Waals surface area contributed by atoms with E-state index in [1.165, 1.54) is 0 Å². The Morgan fingerprint density at radius 2 is 2.03 bits per heavy atom. The van der Waals surface area contributed by atoms with Gasteiger partial charge in [0.05, 0.1) is 13.7 Å². The van der Waals surface area contributed by atoms with E-state index >= 15 is 0 Å². The molecule has 0 amide bonds. The minimum atomic E-state index is -0.717. The van der Waals surface area contributed by atoms with Crippen molar-refractivity contribution in [3.8, 4) is 17.2 Å². The summed E-state index contributed by atoms with van der Waals surface area (Å²) in [5.74, 6) is 2.37. The maximum atomic E-state index is 10.8. The number of hydrogen-bond donors (Lipinski definition) is 1. The Kier molecular flexibility index (Phi) is 6.70. The fourth-order valence-corrected chi connectivity index (χ4v) is 3.85. The number of pyridine rings is 1. The lowest BCUT2D eigenvalue weighted by Crippen LogP contribution is -2.25. The molecule has 3 aromatic rings. The van der Waals surface area contributed by atoms with E-state index in [1.807, 2.05) is 49.4 Å². The fraction of sp³-hybridized carbons (Fsp3) is 0.320. The molecule has 162 valence electrons. The van der Waals surface area contributed by atoms with Gasteiger partial charge in [-0.05, 0) is 48.4 Å². The Labute approximate surface area is 183 Å². The summed E-state index contributed by atoms with van der Waals surface area (Å²) < 4.78 is 17.1. The summed E-state index contributed by atoms with van der Waals surface area (Å²) in [7, 11) is 1.65. The van der Waals surface area contributed by atoms with Gasteiger partial charge < -0.3 is 19.3 Å².